The SMILES string of the molecule is COc1ccc(CN2CCC(N3CCNCC3)C2)cc1OC(F)F. The van der Waals surface area contributed by atoms with E-state index in [1.807, 2.05) is 6.07 Å². The fourth-order valence-corrected chi connectivity index (χ4v) is 3.57. The summed E-state index contributed by atoms with van der Waals surface area (Å²) < 4.78 is 34.7. The van der Waals surface area contributed by atoms with E-state index in [1.165, 1.54) is 7.11 Å². The predicted octanol–water partition coefficient (Wildman–Crippen LogP) is 1.78. The number of benzene rings is 1. The molecule has 2 aliphatic heterocycles. The van der Waals surface area contributed by atoms with Gasteiger partial charge in [-0.3, -0.25) is 9.80 Å². The van der Waals surface area contributed by atoms with Crippen LogP contribution in [0.3, 0.4) is 0 Å². The predicted molar refractivity (Wildman–Crippen MR) is 87.8 cm³/mol. The number of ether oxygens (including phenoxy) is 2. The van der Waals surface area contributed by atoms with Crippen molar-refractivity contribution in [1.82, 2.24) is 15.1 Å². The Balaban J connectivity index is 1.59. The highest BCUT2D eigenvalue weighted by molar-refractivity contribution is 5.43. The third-order valence-electron chi connectivity index (χ3n) is 4.77. The molecule has 0 bridgehead atoms. The Morgan fingerprint density at radius 2 is 2.00 bits per heavy atom. The first-order valence-corrected chi connectivity index (χ1v) is 8.44. The van der Waals surface area contributed by atoms with E-state index in [0.717, 1.165) is 57.8 Å². The molecule has 7 heteroatoms. The standard InChI is InChI=1S/C17H25F2N3O2/c1-23-15-3-2-13(10-16(15)24-17(18)19)11-21-7-4-14(12-21)22-8-5-20-6-9-22/h2-3,10,14,17,20H,4-9,11-12H2,1H3. The van der Waals surface area contributed by atoms with Crippen LogP contribution in [-0.4, -0.2) is 68.8 Å². The molecule has 0 saturated carbocycles. The summed E-state index contributed by atoms with van der Waals surface area (Å²) in [5, 5.41) is 3.38. The molecule has 1 aromatic carbocycles. The molecule has 2 saturated heterocycles. The van der Waals surface area contributed by atoms with E-state index in [-0.39, 0.29) is 5.75 Å². The molecule has 1 N–H and O–H groups in total. The van der Waals surface area contributed by atoms with Gasteiger partial charge in [-0.25, -0.2) is 0 Å². The Labute approximate surface area is 141 Å². The summed E-state index contributed by atoms with van der Waals surface area (Å²) in [7, 11) is 1.45. The molecular weight excluding hydrogens is 316 g/mol. The largest absolute Gasteiger partial charge is 0.493 e. The molecule has 0 aliphatic carbocycles. The first-order chi connectivity index (χ1) is 11.7. The van der Waals surface area contributed by atoms with E-state index >= 15 is 0 Å². The fourth-order valence-electron chi connectivity index (χ4n) is 3.57. The van der Waals surface area contributed by atoms with Gasteiger partial charge in [-0.05, 0) is 24.1 Å². The zero-order valence-corrected chi connectivity index (χ0v) is 14.0. The van der Waals surface area contributed by atoms with Crippen LogP contribution in [0.5, 0.6) is 11.5 Å². The molecule has 2 aliphatic rings. The lowest BCUT2D eigenvalue weighted by Crippen LogP contribution is -2.49. The van der Waals surface area contributed by atoms with Crippen molar-refractivity contribution in [2.75, 3.05) is 46.4 Å². The Hall–Kier alpha value is -1.44. The van der Waals surface area contributed by atoms with Crippen molar-refractivity contribution in [3.05, 3.63) is 23.8 Å². The van der Waals surface area contributed by atoms with E-state index in [1.54, 1.807) is 12.1 Å². The molecule has 3 rings (SSSR count). The zero-order chi connectivity index (χ0) is 16.9. The summed E-state index contributed by atoms with van der Waals surface area (Å²) in [6.45, 7) is 4.28. The maximum Gasteiger partial charge on any atom is 0.387 e. The Kier molecular flexibility index (Phi) is 5.86. The summed E-state index contributed by atoms with van der Waals surface area (Å²) in [4.78, 5) is 4.93. The highest BCUT2D eigenvalue weighted by Crippen LogP contribution is 2.30. The van der Waals surface area contributed by atoms with Gasteiger partial charge in [-0.15, -0.1) is 0 Å². The van der Waals surface area contributed by atoms with Crippen molar-refractivity contribution >= 4 is 0 Å². The van der Waals surface area contributed by atoms with Crippen LogP contribution in [-0.2, 0) is 6.54 Å². The third kappa shape index (κ3) is 4.34. The van der Waals surface area contributed by atoms with Crippen LogP contribution in [0.2, 0.25) is 0 Å². The van der Waals surface area contributed by atoms with Crippen LogP contribution in [0, 0.1) is 0 Å². The molecule has 5 nitrogen and oxygen atoms in total. The van der Waals surface area contributed by atoms with Crippen molar-refractivity contribution < 1.29 is 18.3 Å². The van der Waals surface area contributed by atoms with Gasteiger partial charge in [-0.1, -0.05) is 6.07 Å². The van der Waals surface area contributed by atoms with Crippen molar-refractivity contribution in [2.24, 2.45) is 0 Å². The van der Waals surface area contributed by atoms with E-state index in [9.17, 15) is 8.78 Å². The molecule has 0 amide bonds. The van der Waals surface area contributed by atoms with Crippen molar-refractivity contribution in [3.8, 4) is 11.5 Å². The smallest absolute Gasteiger partial charge is 0.387 e. The molecule has 1 aromatic rings. The Morgan fingerprint density at radius 3 is 2.71 bits per heavy atom. The lowest BCUT2D eigenvalue weighted by atomic mass is 10.2. The number of likely N-dealkylation sites (tertiary alicyclic amines) is 1. The van der Waals surface area contributed by atoms with Crippen LogP contribution >= 0.6 is 0 Å². The van der Waals surface area contributed by atoms with Crippen molar-refractivity contribution in [2.45, 2.75) is 25.6 Å². The molecule has 1 unspecified atom stereocenters. The van der Waals surface area contributed by atoms with Gasteiger partial charge in [-0.2, -0.15) is 8.78 Å². The molecule has 134 valence electrons. The van der Waals surface area contributed by atoms with Crippen LogP contribution in [0.15, 0.2) is 18.2 Å². The van der Waals surface area contributed by atoms with Crippen LogP contribution in [0.1, 0.15) is 12.0 Å². The van der Waals surface area contributed by atoms with Gasteiger partial charge in [0.25, 0.3) is 0 Å². The number of hydrogen-bond donors (Lipinski definition) is 1. The van der Waals surface area contributed by atoms with E-state index in [2.05, 4.69) is 19.9 Å². The normalized spacial score (nSPS) is 22.9. The number of alkyl halides is 2. The second-order valence-corrected chi connectivity index (χ2v) is 6.33. The summed E-state index contributed by atoms with van der Waals surface area (Å²) in [5.41, 5.74) is 0.965. The Bertz CT molecular complexity index is 539. The van der Waals surface area contributed by atoms with Gasteiger partial charge in [0.15, 0.2) is 11.5 Å². The first kappa shape index (κ1) is 17.4. The second-order valence-electron chi connectivity index (χ2n) is 6.33. The number of piperazine rings is 1. The maximum atomic E-state index is 12.5. The molecular formula is C17H25F2N3O2. The van der Waals surface area contributed by atoms with Crippen LogP contribution < -0.4 is 14.8 Å². The van der Waals surface area contributed by atoms with Crippen LogP contribution in [0.4, 0.5) is 8.78 Å². The summed E-state index contributed by atoms with van der Waals surface area (Å²) in [6, 6.07) is 5.86. The number of hydrogen-bond acceptors (Lipinski definition) is 5. The number of nitrogens with zero attached hydrogens (tertiary/aromatic N) is 2. The minimum atomic E-state index is -2.85. The molecule has 1 atom stereocenters. The van der Waals surface area contributed by atoms with Gasteiger partial charge >= 0.3 is 6.61 Å². The molecule has 0 spiro atoms. The first-order valence-electron chi connectivity index (χ1n) is 8.44. The summed E-state index contributed by atoms with van der Waals surface area (Å²) >= 11 is 0. The topological polar surface area (TPSA) is 37.0 Å². The minimum absolute atomic E-state index is 0.0999. The molecule has 2 fully saturated rings. The van der Waals surface area contributed by atoms with Gasteiger partial charge in [0.05, 0.1) is 7.11 Å². The van der Waals surface area contributed by atoms with Gasteiger partial charge < -0.3 is 14.8 Å². The third-order valence-corrected chi connectivity index (χ3v) is 4.77. The molecule has 2 heterocycles. The molecule has 0 aromatic heterocycles. The lowest BCUT2D eigenvalue weighted by Gasteiger charge is -2.32. The average Bonchev–Trinajstić information content (AvgIpc) is 3.04. The lowest BCUT2D eigenvalue weighted by molar-refractivity contribution is -0.0512. The Morgan fingerprint density at radius 1 is 1.21 bits per heavy atom. The van der Waals surface area contributed by atoms with Crippen molar-refractivity contribution in [3.63, 3.8) is 0 Å². The maximum absolute atomic E-state index is 12.5. The zero-order valence-electron chi connectivity index (χ0n) is 14.0. The number of methoxy groups -OCH3 is 1. The fraction of sp³-hybridized carbons (Fsp3) is 0.647. The van der Waals surface area contributed by atoms with Gasteiger partial charge in [0.1, 0.15) is 0 Å². The van der Waals surface area contributed by atoms with Gasteiger partial charge in [0, 0.05) is 51.9 Å². The second kappa shape index (κ2) is 8.09. The quantitative estimate of drug-likeness (QED) is 0.854. The van der Waals surface area contributed by atoms with E-state index < -0.39 is 6.61 Å². The van der Waals surface area contributed by atoms with Crippen LogP contribution in [0.25, 0.3) is 0 Å². The van der Waals surface area contributed by atoms with Crippen molar-refractivity contribution in [1.29, 1.82) is 0 Å². The number of nitrogens with one attached hydrogen (secondary N) is 1. The molecule has 0 radical (unpaired) electrons. The minimum Gasteiger partial charge on any atom is -0.493 e. The summed E-state index contributed by atoms with van der Waals surface area (Å²) in [6.07, 6.45) is 1.16. The van der Waals surface area contributed by atoms with E-state index in [0.29, 0.717) is 11.8 Å². The highest BCUT2D eigenvalue weighted by atomic mass is 19.3. The van der Waals surface area contributed by atoms with Gasteiger partial charge in [0.2, 0.25) is 0 Å². The summed E-state index contributed by atoms with van der Waals surface area (Å²) in [5.74, 6) is 0.432. The van der Waals surface area contributed by atoms with E-state index in [4.69, 9.17) is 4.74 Å². The monoisotopic (exact) mass is 341 g/mol. The molecule has 24 heavy (non-hydrogen) atoms. The number of rotatable bonds is 6. The average molecular weight is 341 g/mol. The highest BCUT2D eigenvalue weighted by Gasteiger charge is 2.28. The number of halogens is 2.